The van der Waals surface area contributed by atoms with Crippen LogP contribution in [-0.4, -0.2) is 32.4 Å². The third-order valence-electron chi connectivity index (χ3n) is 5.44. The highest BCUT2D eigenvalue weighted by molar-refractivity contribution is 7.20. The van der Waals surface area contributed by atoms with Gasteiger partial charge in [-0.3, -0.25) is 14.6 Å². The zero-order valence-corrected chi connectivity index (χ0v) is 18.8. The molecule has 0 saturated heterocycles. The summed E-state index contributed by atoms with van der Waals surface area (Å²) in [5.41, 5.74) is 2.25. The highest BCUT2D eigenvalue weighted by Gasteiger charge is 2.26. The van der Waals surface area contributed by atoms with Gasteiger partial charge in [-0.15, -0.1) is 0 Å². The number of amides is 2. The first-order valence-electron chi connectivity index (χ1n) is 10.6. The number of pyridine rings is 1. The molecule has 0 fully saturated rings. The third kappa shape index (κ3) is 4.86. The molecule has 7 nitrogen and oxygen atoms in total. The number of hydrogen-bond acceptors (Lipinski definition) is 5. The molecule has 1 aromatic carbocycles. The van der Waals surface area contributed by atoms with E-state index >= 15 is 0 Å². The number of rotatable bonds is 8. The number of benzene rings is 1. The van der Waals surface area contributed by atoms with Crippen LogP contribution in [0.4, 0.5) is 0 Å². The number of carbonyl (C=O) groups is 2. The smallest absolute Gasteiger partial charge is 0.251 e. The van der Waals surface area contributed by atoms with Crippen molar-refractivity contribution < 1.29 is 9.59 Å². The molecular weight excluding hydrogens is 422 g/mol. The van der Waals surface area contributed by atoms with Crippen LogP contribution in [0.25, 0.3) is 15.3 Å². The SMILES string of the molecule is CC[C@@H](C)[C@H](NC(=O)c1ccc2nc(-n3cccc3)sc2c1)C(=O)NCc1cccnc1. The van der Waals surface area contributed by atoms with Crippen molar-refractivity contribution in [3.05, 3.63) is 78.4 Å². The molecule has 164 valence electrons. The number of carbonyl (C=O) groups excluding carboxylic acids is 2. The van der Waals surface area contributed by atoms with Crippen molar-refractivity contribution >= 4 is 33.4 Å². The minimum atomic E-state index is -0.628. The van der Waals surface area contributed by atoms with Crippen LogP contribution < -0.4 is 10.6 Å². The first kappa shape index (κ1) is 21.7. The summed E-state index contributed by atoms with van der Waals surface area (Å²) in [6.45, 7) is 4.33. The van der Waals surface area contributed by atoms with E-state index < -0.39 is 6.04 Å². The van der Waals surface area contributed by atoms with Gasteiger partial charge in [0.15, 0.2) is 5.13 Å². The second kappa shape index (κ2) is 9.74. The van der Waals surface area contributed by atoms with E-state index in [0.717, 1.165) is 27.3 Å². The standard InChI is InChI=1S/C24H25N5O2S/c1-3-16(2)21(23(31)26-15-17-7-6-10-25-14-17)28-22(30)18-8-9-19-20(13-18)32-24(27-19)29-11-4-5-12-29/h4-14,16,21H,3,15H2,1-2H3,(H,26,31)(H,28,30)/t16-,21+/m1/s1. The third-order valence-corrected chi connectivity index (χ3v) is 6.47. The van der Waals surface area contributed by atoms with Crippen molar-refractivity contribution in [2.24, 2.45) is 5.92 Å². The van der Waals surface area contributed by atoms with E-state index in [0.29, 0.717) is 12.1 Å². The molecule has 0 aliphatic rings. The minimum absolute atomic E-state index is 0.0136. The second-order valence-corrected chi connectivity index (χ2v) is 8.69. The van der Waals surface area contributed by atoms with Crippen LogP contribution in [0.3, 0.4) is 0 Å². The van der Waals surface area contributed by atoms with Gasteiger partial charge in [0, 0.05) is 36.9 Å². The Morgan fingerprint density at radius 1 is 1.16 bits per heavy atom. The Bertz CT molecular complexity index is 1200. The average Bonchev–Trinajstić information content (AvgIpc) is 3.50. The predicted octanol–water partition coefficient (Wildman–Crippen LogP) is 3.94. The predicted molar refractivity (Wildman–Crippen MR) is 126 cm³/mol. The number of thiazole rings is 1. The van der Waals surface area contributed by atoms with Gasteiger partial charge in [0.1, 0.15) is 6.04 Å². The molecule has 0 aliphatic heterocycles. The molecule has 4 aromatic rings. The lowest BCUT2D eigenvalue weighted by molar-refractivity contribution is -0.124. The molecule has 2 atom stereocenters. The molecule has 2 N–H and O–H groups in total. The summed E-state index contributed by atoms with van der Waals surface area (Å²) in [7, 11) is 0. The van der Waals surface area contributed by atoms with E-state index in [1.807, 2.05) is 67.2 Å². The molecule has 3 aromatic heterocycles. The fourth-order valence-electron chi connectivity index (χ4n) is 3.35. The zero-order valence-electron chi connectivity index (χ0n) is 18.0. The van der Waals surface area contributed by atoms with Crippen LogP contribution in [-0.2, 0) is 11.3 Å². The van der Waals surface area contributed by atoms with Crippen molar-refractivity contribution in [2.45, 2.75) is 32.9 Å². The molecule has 0 radical (unpaired) electrons. The summed E-state index contributed by atoms with van der Waals surface area (Å²) in [6, 6.07) is 12.4. The number of fused-ring (bicyclic) bond motifs is 1. The van der Waals surface area contributed by atoms with Gasteiger partial charge in [0.2, 0.25) is 5.91 Å². The Morgan fingerprint density at radius 3 is 2.69 bits per heavy atom. The van der Waals surface area contributed by atoms with E-state index in [-0.39, 0.29) is 17.7 Å². The fraction of sp³-hybridized carbons (Fsp3) is 0.250. The minimum Gasteiger partial charge on any atom is -0.350 e. The largest absolute Gasteiger partial charge is 0.350 e. The van der Waals surface area contributed by atoms with Crippen LogP contribution in [0.15, 0.2) is 67.3 Å². The Balaban J connectivity index is 1.48. The zero-order chi connectivity index (χ0) is 22.5. The second-order valence-electron chi connectivity index (χ2n) is 7.68. The van der Waals surface area contributed by atoms with Crippen LogP contribution in [0.5, 0.6) is 0 Å². The van der Waals surface area contributed by atoms with Gasteiger partial charge in [-0.2, -0.15) is 0 Å². The van der Waals surface area contributed by atoms with Gasteiger partial charge in [-0.05, 0) is 47.9 Å². The molecule has 3 heterocycles. The molecular formula is C24H25N5O2S. The van der Waals surface area contributed by atoms with E-state index in [9.17, 15) is 9.59 Å². The highest BCUT2D eigenvalue weighted by atomic mass is 32.1. The Labute approximate surface area is 190 Å². The van der Waals surface area contributed by atoms with E-state index in [1.54, 1.807) is 18.5 Å². The summed E-state index contributed by atoms with van der Waals surface area (Å²) < 4.78 is 2.86. The molecule has 8 heteroatoms. The number of aromatic nitrogens is 3. The Kier molecular flexibility index (Phi) is 6.61. The molecule has 0 spiro atoms. The monoisotopic (exact) mass is 447 g/mol. The maximum Gasteiger partial charge on any atom is 0.251 e. The number of nitrogens with zero attached hydrogens (tertiary/aromatic N) is 3. The van der Waals surface area contributed by atoms with Crippen molar-refractivity contribution in [3.8, 4) is 5.13 Å². The number of nitrogens with one attached hydrogen (secondary N) is 2. The average molecular weight is 448 g/mol. The summed E-state index contributed by atoms with van der Waals surface area (Å²) in [4.78, 5) is 34.6. The molecule has 32 heavy (non-hydrogen) atoms. The summed E-state index contributed by atoms with van der Waals surface area (Å²) in [6.07, 6.45) is 8.04. The topological polar surface area (TPSA) is 88.9 Å². The van der Waals surface area contributed by atoms with E-state index in [1.165, 1.54) is 11.3 Å². The first-order chi connectivity index (χ1) is 15.5. The molecule has 0 saturated carbocycles. The van der Waals surface area contributed by atoms with Gasteiger partial charge in [-0.1, -0.05) is 37.7 Å². The van der Waals surface area contributed by atoms with E-state index in [4.69, 9.17) is 0 Å². The molecule has 4 rings (SSSR count). The van der Waals surface area contributed by atoms with Crippen molar-refractivity contribution in [1.29, 1.82) is 0 Å². The van der Waals surface area contributed by atoms with Gasteiger partial charge < -0.3 is 15.2 Å². The van der Waals surface area contributed by atoms with Crippen molar-refractivity contribution in [3.63, 3.8) is 0 Å². The summed E-state index contributed by atoms with van der Waals surface area (Å²) >= 11 is 1.51. The maximum absolute atomic E-state index is 13.0. The highest BCUT2D eigenvalue weighted by Crippen LogP contribution is 2.26. The van der Waals surface area contributed by atoms with E-state index in [2.05, 4.69) is 20.6 Å². The lowest BCUT2D eigenvalue weighted by Gasteiger charge is -2.23. The normalized spacial score (nSPS) is 12.9. The lowest BCUT2D eigenvalue weighted by atomic mass is 9.97. The van der Waals surface area contributed by atoms with Crippen molar-refractivity contribution in [1.82, 2.24) is 25.2 Å². The summed E-state index contributed by atoms with van der Waals surface area (Å²) in [5, 5.41) is 6.69. The maximum atomic E-state index is 13.0. The van der Waals surface area contributed by atoms with Crippen LogP contribution >= 0.6 is 11.3 Å². The van der Waals surface area contributed by atoms with Crippen LogP contribution in [0.1, 0.15) is 36.2 Å². The lowest BCUT2D eigenvalue weighted by Crippen LogP contribution is -2.50. The van der Waals surface area contributed by atoms with Crippen LogP contribution in [0, 0.1) is 5.92 Å². The molecule has 2 amide bonds. The summed E-state index contributed by atoms with van der Waals surface area (Å²) in [5.74, 6) is -0.490. The Hall–Kier alpha value is -3.52. The first-order valence-corrected chi connectivity index (χ1v) is 11.4. The molecule has 0 bridgehead atoms. The van der Waals surface area contributed by atoms with Gasteiger partial charge >= 0.3 is 0 Å². The molecule has 0 unspecified atom stereocenters. The van der Waals surface area contributed by atoms with Gasteiger partial charge in [0.25, 0.3) is 5.91 Å². The van der Waals surface area contributed by atoms with Gasteiger partial charge in [0.05, 0.1) is 10.2 Å². The van der Waals surface area contributed by atoms with Crippen molar-refractivity contribution in [2.75, 3.05) is 0 Å². The fourth-order valence-corrected chi connectivity index (χ4v) is 4.33. The number of hydrogen-bond donors (Lipinski definition) is 2. The Morgan fingerprint density at radius 2 is 1.97 bits per heavy atom. The molecule has 0 aliphatic carbocycles. The quantitative estimate of drug-likeness (QED) is 0.428. The van der Waals surface area contributed by atoms with Crippen LogP contribution in [0.2, 0.25) is 0 Å². The van der Waals surface area contributed by atoms with Gasteiger partial charge in [-0.25, -0.2) is 4.98 Å².